The van der Waals surface area contributed by atoms with Crippen molar-refractivity contribution in [2.24, 2.45) is 0 Å². The molecule has 0 aromatic heterocycles. The van der Waals surface area contributed by atoms with Crippen LogP contribution in [0.4, 0.5) is 0 Å². The van der Waals surface area contributed by atoms with Gasteiger partial charge >= 0.3 is 0 Å². The minimum Gasteiger partial charge on any atom is -0.374 e. The van der Waals surface area contributed by atoms with Gasteiger partial charge in [-0.1, -0.05) is 91.0 Å². The van der Waals surface area contributed by atoms with E-state index >= 15 is 0 Å². The molecule has 3 aromatic rings. The molecule has 8 heteroatoms. The smallest absolute Gasteiger partial charge is 0.213 e. The lowest BCUT2D eigenvalue weighted by atomic mass is 10.1. The highest BCUT2D eigenvalue weighted by Crippen LogP contribution is 2.28. The first-order valence-electron chi connectivity index (χ1n) is 12.1. The summed E-state index contributed by atoms with van der Waals surface area (Å²) in [6.07, 6.45) is -2.64. The number of rotatable bonds is 13. The Bertz CT molecular complexity index is 1140. The first kappa shape index (κ1) is 26.5. The van der Waals surface area contributed by atoms with Crippen LogP contribution in [0.1, 0.15) is 23.6 Å². The van der Waals surface area contributed by atoms with Crippen LogP contribution in [0.2, 0.25) is 0 Å². The number of hydrogen-bond acceptors (Lipinski definition) is 6. The topological polar surface area (TPSA) is 83.1 Å². The van der Waals surface area contributed by atoms with Crippen molar-refractivity contribution < 1.29 is 27.4 Å². The van der Waals surface area contributed by atoms with E-state index < -0.39 is 34.6 Å². The molecule has 0 bridgehead atoms. The van der Waals surface area contributed by atoms with Gasteiger partial charge in [0.2, 0.25) is 10.0 Å². The van der Waals surface area contributed by atoms with E-state index in [1.807, 2.05) is 91.0 Å². The predicted octanol–water partition coefficient (Wildman–Crippen LogP) is 4.04. The Morgan fingerprint density at radius 2 is 1.19 bits per heavy atom. The molecule has 36 heavy (non-hydrogen) atoms. The van der Waals surface area contributed by atoms with Gasteiger partial charge in [-0.25, -0.2) is 8.42 Å². The summed E-state index contributed by atoms with van der Waals surface area (Å²) in [5.41, 5.74) is 3.01. The summed E-state index contributed by atoms with van der Waals surface area (Å²) < 4.78 is 52.3. The van der Waals surface area contributed by atoms with Crippen LogP contribution in [0.3, 0.4) is 0 Å². The molecule has 192 valence electrons. The summed E-state index contributed by atoms with van der Waals surface area (Å²) in [4.78, 5) is 0. The zero-order chi connectivity index (χ0) is 25.2. The van der Waals surface area contributed by atoms with Crippen LogP contribution in [-0.4, -0.2) is 45.3 Å². The van der Waals surface area contributed by atoms with Gasteiger partial charge < -0.3 is 18.9 Å². The number of sulfonamides is 1. The van der Waals surface area contributed by atoms with Crippen LogP contribution in [0.25, 0.3) is 0 Å². The standard InChI is InChI=1S/C28H33NO6S/c1-2-36(30,31)29-28-27(34-20-24-16-10-5-11-17-24)26(33-19-23-14-8-4-9-15-23)25(35-28)21-32-18-22-12-6-3-7-13-22/h3-17,25-29H,2,18-21H2,1H3/t25-,26-,27-,28+/m1/s1. The van der Waals surface area contributed by atoms with E-state index in [0.717, 1.165) is 16.7 Å². The lowest BCUT2D eigenvalue weighted by Crippen LogP contribution is -2.46. The lowest BCUT2D eigenvalue weighted by Gasteiger charge is -2.25. The van der Waals surface area contributed by atoms with Crippen molar-refractivity contribution in [3.05, 3.63) is 108 Å². The fourth-order valence-corrected chi connectivity index (χ4v) is 4.71. The molecule has 0 spiro atoms. The van der Waals surface area contributed by atoms with Crippen LogP contribution < -0.4 is 4.72 Å². The number of ether oxygens (including phenoxy) is 4. The van der Waals surface area contributed by atoms with Crippen LogP contribution in [-0.2, 0) is 48.8 Å². The summed E-state index contributed by atoms with van der Waals surface area (Å²) in [6.45, 7) is 2.85. The van der Waals surface area contributed by atoms with E-state index in [1.54, 1.807) is 6.92 Å². The molecule has 0 radical (unpaired) electrons. The Labute approximate surface area is 213 Å². The zero-order valence-electron chi connectivity index (χ0n) is 20.4. The van der Waals surface area contributed by atoms with E-state index in [-0.39, 0.29) is 12.4 Å². The van der Waals surface area contributed by atoms with Gasteiger partial charge in [-0.05, 0) is 23.6 Å². The lowest BCUT2D eigenvalue weighted by molar-refractivity contribution is -0.0898. The molecule has 1 fully saturated rings. The third-order valence-electron chi connectivity index (χ3n) is 5.95. The maximum Gasteiger partial charge on any atom is 0.213 e. The Hall–Kier alpha value is -2.59. The van der Waals surface area contributed by atoms with Crippen molar-refractivity contribution in [2.45, 2.75) is 51.3 Å². The minimum atomic E-state index is -3.55. The van der Waals surface area contributed by atoms with Crippen LogP contribution in [0.15, 0.2) is 91.0 Å². The fraction of sp³-hybridized carbons (Fsp3) is 0.357. The quantitative estimate of drug-likeness (QED) is 0.373. The molecular formula is C28H33NO6S. The van der Waals surface area contributed by atoms with E-state index in [4.69, 9.17) is 18.9 Å². The van der Waals surface area contributed by atoms with Crippen LogP contribution in [0, 0.1) is 0 Å². The summed E-state index contributed by atoms with van der Waals surface area (Å²) in [6, 6.07) is 29.4. The van der Waals surface area contributed by atoms with Crippen molar-refractivity contribution in [1.82, 2.24) is 4.72 Å². The average molecular weight is 512 g/mol. The summed E-state index contributed by atoms with van der Waals surface area (Å²) in [5, 5.41) is 0. The molecule has 7 nitrogen and oxygen atoms in total. The van der Waals surface area contributed by atoms with Gasteiger partial charge in [0, 0.05) is 0 Å². The maximum atomic E-state index is 12.4. The van der Waals surface area contributed by atoms with Gasteiger partial charge in [0.05, 0.1) is 32.2 Å². The SMILES string of the molecule is CCS(=O)(=O)N[C@H]1O[C@H](COCc2ccccc2)[C@@H](OCc2ccccc2)[C@H]1OCc1ccccc1. The predicted molar refractivity (Wildman–Crippen MR) is 137 cm³/mol. The number of nitrogens with one attached hydrogen (secondary N) is 1. The molecular weight excluding hydrogens is 478 g/mol. The van der Waals surface area contributed by atoms with Gasteiger partial charge in [-0.2, -0.15) is 4.72 Å². The van der Waals surface area contributed by atoms with Gasteiger partial charge in [-0.3, -0.25) is 0 Å². The molecule has 0 aliphatic carbocycles. The first-order chi connectivity index (χ1) is 17.5. The molecule has 1 aliphatic rings. The number of hydrogen-bond donors (Lipinski definition) is 1. The molecule has 1 saturated heterocycles. The third-order valence-corrected chi connectivity index (χ3v) is 7.30. The highest BCUT2D eigenvalue weighted by Gasteiger charge is 2.47. The Kier molecular flexibility index (Phi) is 9.63. The van der Waals surface area contributed by atoms with Crippen LogP contribution in [0.5, 0.6) is 0 Å². The summed E-state index contributed by atoms with van der Waals surface area (Å²) >= 11 is 0. The maximum absolute atomic E-state index is 12.4. The van der Waals surface area contributed by atoms with Crippen molar-refractivity contribution >= 4 is 10.0 Å². The Morgan fingerprint density at radius 1 is 0.722 bits per heavy atom. The van der Waals surface area contributed by atoms with Crippen molar-refractivity contribution in [1.29, 1.82) is 0 Å². The second-order valence-corrected chi connectivity index (χ2v) is 10.7. The minimum absolute atomic E-state index is 0.0665. The van der Waals surface area contributed by atoms with Crippen molar-refractivity contribution in [3.63, 3.8) is 0 Å². The first-order valence-corrected chi connectivity index (χ1v) is 13.8. The molecule has 1 aliphatic heterocycles. The highest BCUT2D eigenvalue weighted by atomic mass is 32.2. The van der Waals surface area contributed by atoms with Gasteiger partial charge in [0.25, 0.3) is 0 Å². The molecule has 0 amide bonds. The highest BCUT2D eigenvalue weighted by molar-refractivity contribution is 7.89. The fourth-order valence-electron chi connectivity index (χ4n) is 4.00. The van der Waals surface area contributed by atoms with Crippen molar-refractivity contribution in [3.8, 4) is 0 Å². The summed E-state index contributed by atoms with van der Waals surface area (Å²) in [5.74, 6) is -0.0665. The summed E-state index contributed by atoms with van der Waals surface area (Å²) in [7, 11) is -3.55. The Morgan fingerprint density at radius 3 is 1.69 bits per heavy atom. The molecule has 0 saturated carbocycles. The van der Waals surface area contributed by atoms with Gasteiger partial charge in [0.1, 0.15) is 18.3 Å². The molecule has 4 atom stereocenters. The molecule has 3 aromatic carbocycles. The largest absolute Gasteiger partial charge is 0.374 e. The number of benzene rings is 3. The molecule has 1 N–H and O–H groups in total. The van der Waals surface area contributed by atoms with E-state index in [0.29, 0.717) is 19.8 Å². The molecule has 4 rings (SSSR count). The average Bonchev–Trinajstić information content (AvgIpc) is 3.23. The second kappa shape index (κ2) is 13.1. The second-order valence-electron chi connectivity index (χ2n) is 8.64. The molecule has 0 unspecified atom stereocenters. The third kappa shape index (κ3) is 7.70. The van der Waals surface area contributed by atoms with Gasteiger partial charge in [-0.15, -0.1) is 0 Å². The molecule has 1 heterocycles. The van der Waals surface area contributed by atoms with Gasteiger partial charge in [0.15, 0.2) is 6.23 Å². The van der Waals surface area contributed by atoms with E-state index in [2.05, 4.69) is 4.72 Å². The van der Waals surface area contributed by atoms with Crippen molar-refractivity contribution in [2.75, 3.05) is 12.4 Å². The van der Waals surface area contributed by atoms with Crippen LogP contribution >= 0.6 is 0 Å². The normalized spacial score (nSPS) is 22.0. The van der Waals surface area contributed by atoms with E-state index in [9.17, 15) is 8.42 Å². The zero-order valence-corrected chi connectivity index (χ0v) is 21.2. The Balaban J connectivity index is 1.51. The monoisotopic (exact) mass is 511 g/mol. The van der Waals surface area contributed by atoms with E-state index in [1.165, 1.54) is 0 Å².